The van der Waals surface area contributed by atoms with Gasteiger partial charge in [0.05, 0.1) is 31.0 Å². The van der Waals surface area contributed by atoms with E-state index >= 15 is 0 Å². The van der Waals surface area contributed by atoms with Gasteiger partial charge >= 0.3 is 17.9 Å². The Bertz CT molecular complexity index is 878. The van der Waals surface area contributed by atoms with E-state index in [4.69, 9.17) is 9.26 Å². The first-order valence-electron chi connectivity index (χ1n) is 7.98. The van der Waals surface area contributed by atoms with Crippen molar-refractivity contribution < 1.29 is 37.9 Å². The molecular formula is C18H18N2O8. The van der Waals surface area contributed by atoms with Crippen LogP contribution in [0.25, 0.3) is 0 Å². The van der Waals surface area contributed by atoms with Gasteiger partial charge in [-0.3, -0.25) is 4.79 Å². The minimum atomic E-state index is -0.759. The van der Waals surface area contributed by atoms with Gasteiger partial charge in [-0.25, -0.2) is 14.4 Å². The van der Waals surface area contributed by atoms with Gasteiger partial charge in [-0.15, -0.1) is 0 Å². The summed E-state index contributed by atoms with van der Waals surface area (Å²) in [5.41, 5.74) is 0.688. The minimum absolute atomic E-state index is 0.0356. The van der Waals surface area contributed by atoms with E-state index in [2.05, 4.69) is 19.9 Å². The summed E-state index contributed by atoms with van der Waals surface area (Å²) in [6.45, 7) is 2.52. The zero-order valence-electron chi connectivity index (χ0n) is 15.7. The topological polar surface area (TPSA) is 134 Å². The monoisotopic (exact) mass is 390 g/mol. The van der Waals surface area contributed by atoms with Crippen LogP contribution in [0, 0.1) is 13.8 Å². The highest BCUT2D eigenvalue weighted by molar-refractivity contribution is 6.00. The second-order valence-electron chi connectivity index (χ2n) is 5.61. The first-order valence-corrected chi connectivity index (χ1v) is 7.98. The molecule has 1 aromatic heterocycles. The molecule has 148 valence electrons. The van der Waals surface area contributed by atoms with Crippen LogP contribution in [0.15, 0.2) is 22.7 Å². The number of benzene rings is 1. The minimum Gasteiger partial charge on any atom is -0.465 e. The van der Waals surface area contributed by atoms with Crippen molar-refractivity contribution in [3.8, 4) is 0 Å². The fourth-order valence-corrected chi connectivity index (χ4v) is 2.35. The molecule has 0 atom stereocenters. The molecule has 1 heterocycles. The van der Waals surface area contributed by atoms with Gasteiger partial charge in [-0.05, 0) is 32.0 Å². The molecule has 0 aliphatic carbocycles. The Kier molecular flexibility index (Phi) is 6.48. The first-order chi connectivity index (χ1) is 13.3. The fraction of sp³-hybridized carbons (Fsp3) is 0.278. The van der Waals surface area contributed by atoms with Gasteiger partial charge in [-0.2, -0.15) is 0 Å². The van der Waals surface area contributed by atoms with Gasteiger partial charge in [0.25, 0.3) is 5.91 Å². The summed E-state index contributed by atoms with van der Waals surface area (Å²) in [5, 5.41) is 6.08. The number of ether oxygens (including phenoxy) is 3. The standard InChI is InChI=1S/C18H18N2O8/c1-9-15(10(2)28-20-9)18(24)27-8-14(21)19-13-6-11(16(22)25-3)5-12(7-13)17(23)26-4/h5-7H,8H2,1-4H3,(H,19,21). The summed E-state index contributed by atoms with van der Waals surface area (Å²) < 4.78 is 19.1. The van der Waals surface area contributed by atoms with Crippen LogP contribution in [0.2, 0.25) is 0 Å². The zero-order valence-corrected chi connectivity index (χ0v) is 15.7. The third-order valence-electron chi connectivity index (χ3n) is 3.63. The normalized spacial score (nSPS) is 10.1. The van der Waals surface area contributed by atoms with E-state index in [1.54, 1.807) is 13.8 Å². The number of nitrogens with zero attached hydrogens (tertiary/aromatic N) is 1. The van der Waals surface area contributed by atoms with Crippen molar-refractivity contribution in [1.29, 1.82) is 0 Å². The van der Waals surface area contributed by atoms with E-state index in [1.165, 1.54) is 32.4 Å². The number of rotatable bonds is 6. The van der Waals surface area contributed by atoms with Crippen molar-refractivity contribution in [3.05, 3.63) is 46.3 Å². The summed E-state index contributed by atoms with van der Waals surface area (Å²) in [5.74, 6) is -2.57. The maximum Gasteiger partial charge on any atom is 0.344 e. The number of aryl methyl sites for hydroxylation is 2. The maximum atomic E-state index is 12.1. The Morgan fingerprint density at radius 1 is 0.964 bits per heavy atom. The van der Waals surface area contributed by atoms with Gasteiger partial charge in [0, 0.05) is 5.69 Å². The molecule has 0 fully saturated rings. The highest BCUT2D eigenvalue weighted by Crippen LogP contribution is 2.17. The van der Waals surface area contributed by atoms with Gasteiger partial charge in [0.1, 0.15) is 11.3 Å². The molecule has 1 amide bonds. The average molecular weight is 390 g/mol. The molecule has 10 heteroatoms. The Morgan fingerprint density at radius 3 is 2.00 bits per heavy atom. The third-order valence-corrected chi connectivity index (χ3v) is 3.63. The molecule has 2 aromatic rings. The van der Waals surface area contributed by atoms with E-state index in [0.29, 0.717) is 5.69 Å². The van der Waals surface area contributed by atoms with Crippen molar-refractivity contribution in [3.63, 3.8) is 0 Å². The van der Waals surface area contributed by atoms with Gasteiger partial charge in [-0.1, -0.05) is 5.16 Å². The summed E-state index contributed by atoms with van der Waals surface area (Å²) >= 11 is 0. The smallest absolute Gasteiger partial charge is 0.344 e. The summed E-state index contributed by atoms with van der Waals surface area (Å²) in [4.78, 5) is 47.6. The number of methoxy groups -OCH3 is 2. The predicted molar refractivity (Wildman–Crippen MR) is 94.0 cm³/mol. The van der Waals surface area contributed by atoms with Crippen LogP contribution in [0.1, 0.15) is 42.5 Å². The highest BCUT2D eigenvalue weighted by atomic mass is 16.5. The molecule has 10 nitrogen and oxygen atoms in total. The SMILES string of the molecule is COC(=O)c1cc(NC(=O)COC(=O)c2c(C)noc2C)cc(C(=O)OC)c1. The van der Waals surface area contributed by atoms with Crippen molar-refractivity contribution in [2.75, 3.05) is 26.1 Å². The van der Waals surface area contributed by atoms with Crippen LogP contribution >= 0.6 is 0 Å². The lowest BCUT2D eigenvalue weighted by Gasteiger charge is -2.10. The van der Waals surface area contributed by atoms with Crippen LogP contribution in [0.5, 0.6) is 0 Å². The third kappa shape index (κ3) is 4.72. The van der Waals surface area contributed by atoms with Gasteiger partial charge in [0.15, 0.2) is 6.61 Å². The largest absolute Gasteiger partial charge is 0.465 e. The lowest BCUT2D eigenvalue weighted by molar-refractivity contribution is -0.119. The molecule has 0 saturated carbocycles. The van der Waals surface area contributed by atoms with E-state index < -0.39 is 30.4 Å². The van der Waals surface area contributed by atoms with Crippen LogP contribution in [0.3, 0.4) is 0 Å². The molecule has 0 unspecified atom stereocenters. The van der Waals surface area contributed by atoms with Crippen molar-refractivity contribution in [2.45, 2.75) is 13.8 Å². The van der Waals surface area contributed by atoms with Gasteiger partial charge in [0.2, 0.25) is 0 Å². The second kappa shape index (κ2) is 8.80. The maximum absolute atomic E-state index is 12.1. The van der Waals surface area contributed by atoms with Crippen molar-refractivity contribution in [1.82, 2.24) is 5.16 Å². The number of carbonyl (C=O) groups is 4. The molecule has 0 saturated heterocycles. The summed E-state index contributed by atoms with van der Waals surface area (Å²) in [6, 6.07) is 3.89. The number of esters is 3. The lowest BCUT2D eigenvalue weighted by Crippen LogP contribution is -2.22. The first kappa shape index (κ1) is 20.6. The van der Waals surface area contributed by atoms with Crippen LogP contribution < -0.4 is 5.32 Å². The van der Waals surface area contributed by atoms with E-state index in [-0.39, 0.29) is 28.1 Å². The van der Waals surface area contributed by atoms with Crippen LogP contribution in [-0.4, -0.2) is 49.8 Å². The molecule has 2 rings (SSSR count). The van der Waals surface area contributed by atoms with Crippen molar-refractivity contribution in [2.24, 2.45) is 0 Å². The molecule has 0 bridgehead atoms. The Balaban J connectivity index is 2.11. The predicted octanol–water partition coefficient (Wildman–Crippen LogP) is 1.66. The van der Waals surface area contributed by atoms with Crippen LogP contribution in [-0.2, 0) is 19.0 Å². The number of aromatic nitrogens is 1. The summed E-state index contributed by atoms with van der Waals surface area (Å²) in [7, 11) is 2.36. The van der Waals surface area contributed by atoms with Crippen molar-refractivity contribution >= 4 is 29.5 Å². The Morgan fingerprint density at radius 2 is 1.54 bits per heavy atom. The molecule has 1 aromatic carbocycles. The quantitative estimate of drug-likeness (QED) is 0.577. The van der Waals surface area contributed by atoms with Crippen LogP contribution in [0.4, 0.5) is 5.69 Å². The molecule has 0 aliphatic heterocycles. The molecule has 28 heavy (non-hydrogen) atoms. The summed E-state index contributed by atoms with van der Waals surface area (Å²) in [6.07, 6.45) is 0. The number of hydrogen-bond donors (Lipinski definition) is 1. The average Bonchev–Trinajstić information content (AvgIpc) is 3.02. The number of carbonyl (C=O) groups excluding carboxylic acids is 4. The molecule has 0 radical (unpaired) electrons. The van der Waals surface area contributed by atoms with Gasteiger partial charge < -0.3 is 24.1 Å². The number of hydrogen-bond acceptors (Lipinski definition) is 9. The molecule has 1 N–H and O–H groups in total. The molecule has 0 aliphatic rings. The highest BCUT2D eigenvalue weighted by Gasteiger charge is 2.20. The Hall–Kier alpha value is -3.69. The van der Waals surface area contributed by atoms with E-state index in [0.717, 1.165) is 0 Å². The molecule has 0 spiro atoms. The second-order valence-corrected chi connectivity index (χ2v) is 5.61. The van der Waals surface area contributed by atoms with E-state index in [9.17, 15) is 19.2 Å². The lowest BCUT2D eigenvalue weighted by atomic mass is 10.1. The number of amides is 1. The number of anilines is 1. The Labute approximate surface area is 159 Å². The fourth-order valence-electron chi connectivity index (χ4n) is 2.35. The zero-order chi connectivity index (χ0) is 20.8. The molecular weight excluding hydrogens is 372 g/mol. The van der Waals surface area contributed by atoms with E-state index in [1.807, 2.05) is 0 Å². The number of nitrogens with one attached hydrogen (secondary N) is 1.